The van der Waals surface area contributed by atoms with Crippen molar-refractivity contribution in [1.29, 1.82) is 0 Å². The molecule has 0 radical (unpaired) electrons. The van der Waals surface area contributed by atoms with Gasteiger partial charge in [0.1, 0.15) is 51.2 Å². The number of nitrogens with zero attached hydrogens (tertiary/aromatic N) is 1. The molecule has 0 amide bonds. The van der Waals surface area contributed by atoms with Crippen LogP contribution in [0, 0.1) is 0 Å². The first kappa shape index (κ1) is 18.3. The predicted molar refractivity (Wildman–Crippen MR) is 98.7 cm³/mol. The van der Waals surface area contributed by atoms with Gasteiger partial charge < -0.3 is 14.7 Å². The van der Waals surface area contributed by atoms with Crippen LogP contribution in [0.3, 0.4) is 0 Å². The summed E-state index contributed by atoms with van der Waals surface area (Å²) in [6, 6.07) is 11.2. The van der Waals surface area contributed by atoms with Crippen LogP contribution < -0.4 is 19.5 Å². The molecule has 1 aromatic heterocycles. The van der Waals surface area contributed by atoms with Crippen LogP contribution in [0.25, 0.3) is 0 Å². The number of nitrogens with one attached hydrogen (secondary N) is 2. The van der Waals surface area contributed by atoms with Gasteiger partial charge in [0.25, 0.3) is 5.82 Å². The Labute approximate surface area is 157 Å². The summed E-state index contributed by atoms with van der Waals surface area (Å²) in [5, 5.41) is 11.3. The minimum atomic E-state index is -0.531. The van der Waals surface area contributed by atoms with Gasteiger partial charge in [-0.05, 0) is 24.3 Å². The first-order valence-corrected chi connectivity index (χ1v) is 9.18. The molecule has 1 aromatic carbocycles. The Morgan fingerprint density at radius 2 is 2.00 bits per heavy atom. The molecule has 0 bridgehead atoms. The largest absolute Gasteiger partial charge is 0.489 e. The van der Waals surface area contributed by atoms with E-state index in [4.69, 9.17) is 27.9 Å². The van der Waals surface area contributed by atoms with E-state index in [9.17, 15) is 5.11 Å². The van der Waals surface area contributed by atoms with Crippen molar-refractivity contribution < 1.29 is 19.7 Å². The molecule has 0 aliphatic carbocycles. The lowest BCUT2D eigenvalue weighted by Crippen LogP contribution is -3.16. The van der Waals surface area contributed by atoms with E-state index in [1.807, 2.05) is 18.3 Å². The lowest BCUT2D eigenvalue weighted by atomic mass is 10.2. The Bertz CT molecular complexity index is 679. The standard InChI is InChI=1S/C18H21Cl2N3O2/c19-14-4-5-17(16(20)11-14)25-13-15(24)12-22-7-9-23(10-8-22)18-3-1-2-6-21-18/h1-6,11,15,24H,7-10,12-13H2/p+2/t15-/m0/s1. The quantitative estimate of drug-likeness (QED) is 0.780. The number of aliphatic hydroxyl groups is 1. The fraction of sp³-hybridized carbons (Fsp3) is 0.389. The Morgan fingerprint density at radius 1 is 1.20 bits per heavy atom. The van der Waals surface area contributed by atoms with E-state index in [-0.39, 0.29) is 6.61 Å². The second kappa shape index (κ2) is 8.72. The number of hydrogen-bond donors (Lipinski definition) is 2. The molecule has 1 aliphatic rings. The zero-order valence-electron chi connectivity index (χ0n) is 13.9. The van der Waals surface area contributed by atoms with Gasteiger partial charge in [-0.25, -0.2) is 4.98 Å². The number of benzene rings is 1. The van der Waals surface area contributed by atoms with Crippen molar-refractivity contribution in [3.63, 3.8) is 0 Å². The molecule has 1 aliphatic heterocycles. The summed E-state index contributed by atoms with van der Waals surface area (Å²) in [6.45, 7) is 4.79. The molecule has 134 valence electrons. The highest BCUT2D eigenvalue weighted by Crippen LogP contribution is 2.27. The molecule has 0 saturated carbocycles. The van der Waals surface area contributed by atoms with Gasteiger partial charge in [0.15, 0.2) is 0 Å². The maximum Gasteiger partial charge on any atom is 0.274 e. The highest BCUT2D eigenvalue weighted by Gasteiger charge is 2.27. The van der Waals surface area contributed by atoms with E-state index >= 15 is 0 Å². The number of aromatic nitrogens is 1. The van der Waals surface area contributed by atoms with Crippen LogP contribution in [0.1, 0.15) is 0 Å². The molecule has 1 fully saturated rings. The van der Waals surface area contributed by atoms with Crippen LogP contribution in [0.15, 0.2) is 42.6 Å². The van der Waals surface area contributed by atoms with Crippen LogP contribution in [-0.4, -0.2) is 50.5 Å². The van der Waals surface area contributed by atoms with Crippen molar-refractivity contribution in [3.05, 3.63) is 52.6 Å². The van der Waals surface area contributed by atoms with Gasteiger partial charge in [0.2, 0.25) is 0 Å². The maximum atomic E-state index is 10.3. The Hall–Kier alpha value is -1.53. The SMILES string of the molecule is O[C@H](COc1ccc(Cl)cc1Cl)C[NH+]1CCN(c2cccc[nH+]2)CC1. The molecule has 2 heterocycles. The minimum Gasteiger partial charge on any atom is -0.489 e. The van der Waals surface area contributed by atoms with E-state index in [1.54, 1.807) is 18.2 Å². The number of H-pyrrole nitrogens is 1. The third-order valence-corrected chi connectivity index (χ3v) is 4.88. The lowest BCUT2D eigenvalue weighted by Gasteiger charge is -2.29. The van der Waals surface area contributed by atoms with Gasteiger partial charge in [-0.3, -0.25) is 4.90 Å². The molecular weight excluding hydrogens is 361 g/mol. The summed E-state index contributed by atoms with van der Waals surface area (Å²) >= 11 is 11.9. The van der Waals surface area contributed by atoms with Crippen LogP contribution in [0.4, 0.5) is 5.82 Å². The number of quaternary nitrogens is 1. The third-order valence-electron chi connectivity index (χ3n) is 4.35. The van der Waals surface area contributed by atoms with E-state index in [2.05, 4.69) is 16.0 Å². The van der Waals surface area contributed by atoms with Crippen molar-refractivity contribution in [3.8, 4) is 5.75 Å². The van der Waals surface area contributed by atoms with Gasteiger partial charge in [0.05, 0.1) is 11.2 Å². The highest BCUT2D eigenvalue weighted by molar-refractivity contribution is 6.35. The average molecular weight is 384 g/mol. The molecule has 3 N–H and O–H groups in total. The first-order chi connectivity index (χ1) is 12.1. The molecule has 3 rings (SSSR count). The van der Waals surface area contributed by atoms with Gasteiger partial charge in [-0.1, -0.05) is 29.3 Å². The fourth-order valence-corrected chi connectivity index (χ4v) is 3.48. The van der Waals surface area contributed by atoms with Crippen molar-refractivity contribution in [2.75, 3.05) is 44.2 Å². The van der Waals surface area contributed by atoms with Gasteiger partial charge in [0, 0.05) is 11.1 Å². The molecule has 0 unspecified atom stereocenters. The number of piperazine rings is 1. The summed E-state index contributed by atoms with van der Waals surface area (Å²) in [5.74, 6) is 1.69. The number of ether oxygens (including phenoxy) is 1. The third kappa shape index (κ3) is 5.22. The number of rotatable bonds is 6. The zero-order chi connectivity index (χ0) is 17.6. The lowest BCUT2D eigenvalue weighted by molar-refractivity contribution is -0.903. The van der Waals surface area contributed by atoms with Crippen LogP contribution in [-0.2, 0) is 0 Å². The number of aromatic amines is 1. The number of pyridine rings is 1. The number of halogens is 2. The van der Waals surface area contributed by atoms with Gasteiger partial charge >= 0.3 is 0 Å². The van der Waals surface area contributed by atoms with E-state index in [0.717, 1.165) is 32.0 Å². The van der Waals surface area contributed by atoms with Crippen LogP contribution >= 0.6 is 23.2 Å². The fourth-order valence-electron chi connectivity index (χ4n) is 3.02. The molecule has 0 spiro atoms. The Kier molecular flexibility index (Phi) is 6.37. The normalized spacial score (nSPS) is 16.7. The van der Waals surface area contributed by atoms with E-state index in [0.29, 0.717) is 22.3 Å². The summed E-state index contributed by atoms with van der Waals surface area (Å²) < 4.78 is 5.62. The second-order valence-corrected chi connectivity index (χ2v) is 7.07. The van der Waals surface area contributed by atoms with E-state index in [1.165, 1.54) is 4.90 Å². The topological polar surface area (TPSA) is 51.3 Å². The molecule has 25 heavy (non-hydrogen) atoms. The molecular formula is C18H23Cl2N3O2+2. The number of hydrogen-bond acceptors (Lipinski definition) is 3. The molecule has 5 nitrogen and oxygen atoms in total. The second-order valence-electron chi connectivity index (χ2n) is 6.23. The summed E-state index contributed by atoms with van der Waals surface area (Å²) in [7, 11) is 0. The van der Waals surface area contributed by atoms with E-state index < -0.39 is 6.10 Å². The van der Waals surface area contributed by atoms with Crippen molar-refractivity contribution in [2.24, 2.45) is 0 Å². The smallest absolute Gasteiger partial charge is 0.274 e. The average Bonchev–Trinajstić information content (AvgIpc) is 2.62. The van der Waals surface area contributed by atoms with Gasteiger partial charge in [-0.2, -0.15) is 0 Å². The monoisotopic (exact) mass is 383 g/mol. The van der Waals surface area contributed by atoms with Crippen LogP contribution in [0.5, 0.6) is 5.75 Å². The Morgan fingerprint density at radius 3 is 2.68 bits per heavy atom. The van der Waals surface area contributed by atoms with Crippen molar-refractivity contribution in [2.45, 2.75) is 6.10 Å². The molecule has 7 heteroatoms. The van der Waals surface area contributed by atoms with Crippen molar-refractivity contribution >= 4 is 29.0 Å². The summed E-state index contributed by atoms with van der Waals surface area (Å²) in [6.07, 6.45) is 1.41. The first-order valence-electron chi connectivity index (χ1n) is 8.43. The summed E-state index contributed by atoms with van der Waals surface area (Å²) in [4.78, 5) is 6.98. The molecule has 2 aromatic rings. The van der Waals surface area contributed by atoms with Crippen LogP contribution in [0.2, 0.25) is 10.0 Å². The maximum absolute atomic E-state index is 10.3. The minimum absolute atomic E-state index is 0.223. The molecule has 1 atom stereocenters. The zero-order valence-corrected chi connectivity index (χ0v) is 15.4. The van der Waals surface area contributed by atoms with Gasteiger partial charge in [-0.15, -0.1) is 0 Å². The number of aliphatic hydroxyl groups excluding tert-OH is 1. The van der Waals surface area contributed by atoms with Crippen molar-refractivity contribution in [1.82, 2.24) is 0 Å². The Balaban J connectivity index is 1.42. The highest BCUT2D eigenvalue weighted by atomic mass is 35.5. The summed E-state index contributed by atoms with van der Waals surface area (Å²) in [5.41, 5.74) is 0. The predicted octanol–water partition coefficient (Wildman–Crippen LogP) is 0.952. The molecule has 1 saturated heterocycles. The number of anilines is 1.